The lowest BCUT2D eigenvalue weighted by atomic mass is 10.1. The summed E-state index contributed by atoms with van der Waals surface area (Å²) in [5.41, 5.74) is 6.57. The number of benzene rings is 1. The van der Waals surface area contributed by atoms with E-state index < -0.39 is 5.97 Å². The Morgan fingerprint density at radius 2 is 2.25 bits per heavy atom. The summed E-state index contributed by atoms with van der Waals surface area (Å²) in [6.07, 6.45) is 3.50. The zero-order valence-electron chi connectivity index (χ0n) is 8.09. The molecule has 16 heavy (non-hydrogen) atoms. The van der Waals surface area contributed by atoms with Crippen LogP contribution in [0.4, 0.5) is 5.69 Å². The van der Waals surface area contributed by atoms with Gasteiger partial charge in [-0.05, 0) is 40.8 Å². The van der Waals surface area contributed by atoms with Crippen molar-refractivity contribution in [1.29, 1.82) is 0 Å². The maximum Gasteiger partial charge on any atom is 0.337 e. The Morgan fingerprint density at radius 1 is 1.50 bits per heavy atom. The number of nitrogens with two attached hydrogens (primary N) is 1. The lowest BCUT2D eigenvalue weighted by Gasteiger charge is -2.05. The lowest BCUT2D eigenvalue weighted by molar-refractivity contribution is 0.0698. The number of hydrogen-bond donors (Lipinski definition) is 2. The predicted molar refractivity (Wildman–Crippen MR) is 67.7 cm³/mol. The number of carbonyl (C=O) groups is 1. The Bertz CT molecular complexity index is 551. The molecule has 0 aliphatic carbocycles. The topological polar surface area (TPSA) is 81.1 Å². The van der Waals surface area contributed by atoms with Crippen LogP contribution in [0.5, 0.6) is 0 Å². The number of rotatable bonds is 2. The van der Waals surface area contributed by atoms with Gasteiger partial charge in [-0.25, -0.2) is 9.48 Å². The highest BCUT2D eigenvalue weighted by molar-refractivity contribution is 14.1. The minimum atomic E-state index is -1.04. The minimum Gasteiger partial charge on any atom is -0.478 e. The highest BCUT2D eigenvalue weighted by Gasteiger charge is 2.09. The van der Waals surface area contributed by atoms with Gasteiger partial charge in [-0.2, -0.15) is 5.10 Å². The van der Waals surface area contributed by atoms with Gasteiger partial charge in [-0.1, -0.05) is 0 Å². The van der Waals surface area contributed by atoms with Crippen LogP contribution < -0.4 is 5.73 Å². The van der Waals surface area contributed by atoms with E-state index in [-0.39, 0.29) is 11.3 Å². The molecule has 5 nitrogen and oxygen atoms in total. The summed E-state index contributed by atoms with van der Waals surface area (Å²) in [6, 6.07) is 4.79. The van der Waals surface area contributed by atoms with Crippen molar-refractivity contribution in [2.24, 2.45) is 0 Å². The summed E-state index contributed by atoms with van der Waals surface area (Å²) in [7, 11) is 0. The third-order valence-corrected chi connectivity index (χ3v) is 2.64. The monoisotopic (exact) mass is 329 g/mol. The molecular formula is C10H8IN3O2. The van der Waals surface area contributed by atoms with Crippen LogP contribution in [0.25, 0.3) is 5.69 Å². The van der Waals surface area contributed by atoms with E-state index in [2.05, 4.69) is 27.7 Å². The zero-order chi connectivity index (χ0) is 11.7. The van der Waals surface area contributed by atoms with Gasteiger partial charge in [0, 0.05) is 11.9 Å². The summed E-state index contributed by atoms with van der Waals surface area (Å²) in [5, 5.41) is 13.0. The number of hydrogen-bond acceptors (Lipinski definition) is 3. The molecule has 0 radical (unpaired) electrons. The summed E-state index contributed by atoms with van der Waals surface area (Å²) in [4.78, 5) is 10.9. The highest BCUT2D eigenvalue weighted by atomic mass is 127. The van der Waals surface area contributed by atoms with Gasteiger partial charge in [-0.15, -0.1) is 0 Å². The number of halogens is 1. The first-order valence-electron chi connectivity index (χ1n) is 4.41. The molecule has 1 heterocycles. The number of nitrogens with zero attached hydrogens (tertiary/aromatic N) is 2. The van der Waals surface area contributed by atoms with E-state index in [0.717, 1.165) is 3.57 Å². The molecule has 0 saturated carbocycles. The summed E-state index contributed by atoms with van der Waals surface area (Å²) in [5.74, 6) is -1.04. The SMILES string of the molecule is Nc1ccc(-n2cc(I)cn2)cc1C(=O)O. The highest BCUT2D eigenvalue weighted by Crippen LogP contribution is 2.17. The molecule has 2 rings (SSSR count). The normalized spacial score (nSPS) is 10.3. The van der Waals surface area contributed by atoms with Crippen LogP contribution in [-0.2, 0) is 0 Å². The summed E-state index contributed by atoms with van der Waals surface area (Å²) in [6.45, 7) is 0. The first-order chi connectivity index (χ1) is 7.58. The number of nitrogen functional groups attached to an aromatic ring is 1. The number of aromatic nitrogens is 2. The fourth-order valence-corrected chi connectivity index (χ4v) is 1.70. The lowest BCUT2D eigenvalue weighted by Crippen LogP contribution is -2.04. The Morgan fingerprint density at radius 3 is 2.81 bits per heavy atom. The van der Waals surface area contributed by atoms with E-state index in [9.17, 15) is 4.79 Å². The standard InChI is InChI=1S/C10H8IN3O2/c11-6-4-13-14(5-6)7-1-2-9(12)8(3-7)10(15)16/h1-5H,12H2,(H,15,16). The maximum absolute atomic E-state index is 10.9. The van der Waals surface area contributed by atoms with Gasteiger partial charge in [0.2, 0.25) is 0 Å². The van der Waals surface area contributed by atoms with Crippen LogP contribution in [0, 0.1) is 3.57 Å². The van der Waals surface area contributed by atoms with Crippen LogP contribution in [0.15, 0.2) is 30.6 Å². The van der Waals surface area contributed by atoms with Crippen LogP contribution >= 0.6 is 22.6 Å². The van der Waals surface area contributed by atoms with Crippen LogP contribution in [0.1, 0.15) is 10.4 Å². The van der Waals surface area contributed by atoms with Gasteiger partial charge in [0.25, 0.3) is 0 Å². The fraction of sp³-hybridized carbons (Fsp3) is 0. The molecule has 0 unspecified atom stereocenters. The number of carboxylic acid groups (broad SMARTS) is 1. The van der Waals surface area contributed by atoms with Crippen molar-refractivity contribution in [2.75, 3.05) is 5.73 Å². The van der Waals surface area contributed by atoms with Crippen molar-refractivity contribution in [1.82, 2.24) is 9.78 Å². The molecule has 6 heteroatoms. The third-order valence-electron chi connectivity index (χ3n) is 2.08. The summed E-state index contributed by atoms with van der Waals surface area (Å²) < 4.78 is 2.58. The molecule has 1 aromatic carbocycles. The van der Waals surface area contributed by atoms with Crippen molar-refractivity contribution in [3.8, 4) is 5.69 Å². The van der Waals surface area contributed by atoms with Crippen LogP contribution in [0.2, 0.25) is 0 Å². The molecule has 0 aliphatic heterocycles. The van der Waals surface area contributed by atoms with E-state index >= 15 is 0 Å². The van der Waals surface area contributed by atoms with Crippen LogP contribution in [-0.4, -0.2) is 20.9 Å². The Labute approximate surface area is 105 Å². The Kier molecular flexibility index (Phi) is 2.82. The maximum atomic E-state index is 10.9. The minimum absolute atomic E-state index is 0.0861. The molecule has 0 saturated heterocycles. The van der Waals surface area contributed by atoms with Crippen molar-refractivity contribution in [3.63, 3.8) is 0 Å². The first kappa shape index (κ1) is 10.9. The van der Waals surface area contributed by atoms with Crippen molar-refractivity contribution in [2.45, 2.75) is 0 Å². The second-order valence-corrected chi connectivity index (χ2v) is 4.43. The third kappa shape index (κ3) is 2.01. The molecular weight excluding hydrogens is 321 g/mol. The smallest absolute Gasteiger partial charge is 0.337 e. The molecule has 0 fully saturated rings. The molecule has 82 valence electrons. The molecule has 1 aromatic heterocycles. The van der Waals surface area contributed by atoms with Gasteiger partial charge in [0.05, 0.1) is 21.0 Å². The van der Waals surface area contributed by atoms with Gasteiger partial charge in [0.15, 0.2) is 0 Å². The number of aromatic carboxylic acids is 1. The van der Waals surface area contributed by atoms with Gasteiger partial charge in [0.1, 0.15) is 0 Å². The van der Waals surface area contributed by atoms with Crippen molar-refractivity contribution >= 4 is 34.2 Å². The van der Waals surface area contributed by atoms with Crippen molar-refractivity contribution < 1.29 is 9.90 Å². The van der Waals surface area contributed by atoms with E-state index in [4.69, 9.17) is 10.8 Å². The zero-order valence-corrected chi connectivity index (χ0v) is 10.2. The molecule has 0 spiro atoms. The average Bonchev–Trinajstić information content (AvgIpc) is 2.65. The fourth-order valence-electron chi connectivity index (χ4n) is 1.31. The van der Waals surface area contributed by atoms with Gasteiger partial charge >= 0.3 is 5.97 Å². The van der Waals surface area contributed by atoms with E-state index in [1.54, 1.807) is 29.2 Å². The quantitative estimate of drug-likeness (QED) is 0.650. The predicted octanol–water partition coefficient (Wildman–Crippen LogP) is 1.76. The molecule has 0 amide bonds. The first-order valence-corrected chi connectivity index (χ1v) is 5.49. The van der Waals surface area contributed by atoms with Crippen molar-refractivity contribution in [3.05, 3.63) is 39.7 Å². The average molecular weight is 329 g/mol. The Balaban J connectivity index is 2.51. The molecule has 3 N–H and O–H groups in total. The van der Waals surface area contributed by atoms with Gasteiger partial charge < -0.3 is 10.8 Å². The molecule has 0 aliphatic rings. The molecule has 0 bridgehead atoms. The Hall–Kier alpha value is -1.57. The number of carboxylic acids is 1. The summed E-state index contributed by atoms with van der Waals surface area (Å²) >= 11 is 2.13. The number of anilines is 1. The molecule has 2 aromatic rings. The van der Waals surface area contributed by atoms with E-state index in [1.807, 2.05) is 0 Å². The van der Waals surface area contributed by atoms with E-state index in [0.29, 0.717) is 5.69 Å². The second kappa shape index (κ2) is 4.12. The second-order valence-electron chi connectivity index (χ2n) is 3.18. The largest absolute Gasteiger partial charge is 0.478 e. The molecule has 0 atom stereocenters. The van der Waals surface area contributed by atoms with Crippen LogP contribution in [0.3, 0.4) is 0 Å². The van der Waals surface area contributed by atoms with Gasteiger partial charge in [-0.3, -0.25) is 0 Å². The van der Waals surface area contributed by atoms with E-state index in [1.165, 1.54) is 6.07 Å².